The van der Waals surface area contributed by atoms with Crippen LogP contribution in [0.5, 0.6) is 0 Å². The third-order valence-corrected chi connectivity index (χ3v) is 5.21. The Morgan fingerprint density at radius 1 is 1.12 bits per heavy atom. The van der Waals surface area contributed by atoms with Crippen molar-refractivity contribution in [3.05, 3.63) is 82.2 Å². The van der Waals surface area contributed by atoms with Crippen LogP contribution >= 0.6 is 11.8 Å². The van der Waals surface area contributed by atoms with Crippen molar-refractivity contribution >= 4 is 17.7 Å². The molecule has 0 saturated carbocycles. The molecule has 1 aromatic heterocycles. The first-order chi connectivity index (χ1) is 12.5. The SMILES string of the molecule is Cc1ccc(CNC(=O)c2ccccc2SCc2cc(C)no2)c(C)c1. The number of nitrogens with zero attached hydrogens (tertiary/aromatic N) is 1. The lowest BCUT2D eigenvalue weighted by Gasteiger charge is -2.11. The second-order valence-corrected chi connectivity index (χ2v) is 7.35. The summed E-state index contributed by atoms with van der Waals surface area (Å²) in [6.45, 7) is 6.55. The summed E-state index contributed by atoms with van der Waals surface area (Å²) in [4.78, 5) is 13.6. The first-order valence-corrected chi connectivity index (χ1v) is 9.50. The van der Waals surface area contributed by atoms with Crippen LogP contribution in [0.1, 0.15) is 38.5 Å². The fraction of sp³-hybridized carbons (Fsp3) is 0.238. The topological polar surface area (TPSA) is 55.1 Å². The highest BCUT2D eigenvalue weighted by Crippen LogP contribution is 2.26. The number of rotatable bonds is 6. The molecule has 0 atom stereocenters. The van der Waals surface area contributed by atoms with Crippen molar-refractivity contribution in [2.75, 3.05) is 0 Å². The van der Waals surface area contributed by atoms with Crippen LogP contribution in [0.25, 0.3) is 0 Å². The Hall–Kier alpha value is -2.53. The summed E-state index contributed by atoms with van der Waals surface area (Å²) in [5, 5.41) is 6.93. The summed E-state index contributed by atoms with van der Waals surface area (Å²) in [5.74, 6) is 1.38. The number of hydrogen-bond donors (Lipinski definition) is 1. The summed E-state index contributed by atoms with van der Waals surface area (Å²) in [5.41, 5.74) is 5.08. The van der Waals surface area contributed by atoms with Crippen molar-refractivity contribution in [2.24, 2.45) is 0 Å². The number of carbonyl (C=O) groups excluding carboxylic acids is 1. The number of hydrogen-bond acceptors (Lipinski definition) is 4. The van der Waals surface area contributed by atoms with Crippen LogP contribution in [-0.2, 0) is 12.3 Å². The van der Waals surface area contributed by atoms with Crippen molar-refractivity contribution in [3.63, 3.8) is 0 Å². The Bertz CT molecular complexity index is 918. The van der Waals surface area contributed by atoms with Gasteiger partial charge in [-0.1, -0.05) is 41.1 Å². The van der Waals surface area contributed by atoms with Gasteiger partial charge >= 0.3 is 0 Å². The van der Waals surface area contributed by atoms with Gasteiger partial charge in [0.15, 0.2) is 0 Å². The van der Waals surface area contributed by atoms with Crippen molar-refractivity contribution < 1.29 is 9.32 Å². The standard InChI is InChI=1S/C21H22N2O2S/c1-14-8-9-17(15(2)10-14)12-22-21(24)19-6-4-5-7-20(19)26-13-18-11-16(3)23-25-18/h4-11H,12-13H2,1-3H3,(H,22,24). The molecule has 0 aliphatic rings. The summed E-state index contributed by atoms with van der Waals surface area (Å²) < 4.78 is 5.24. The molecule has 1 amide bonds. The third-order valence-electron chi connectivity index (χ3n) is 4.12. The second kappa shape index (κ2) is 8.23. The normalized spacial score (nSPS) is 10.7. The molecule has 0 radical (unpaired) electrons. The maximum absolute atomic E-state index is 12.7. The molecular formula is C21H22N2O2S. The molecule has 3 aromatic rings. The van der Waals surface area contributed by atoms with Crippen LogP contribution in [0.15, 0.2) is 57.9 Å². The van der Waals surface area contributed by atoms with Crippen molar-refractivity contribution in [3.8, 4) is 0 Å². The van der Waals surface area contributed by atoms with Gasteiger partial charge in [0, 0.05) is 17.5 Å². The zero-order valence-electron chi connectivity index (χ0n) is 15.2. The molecule has 0 fully saturated rings. The number of aromatic nitrogens is 1. The fourth-order valence-electron chi connectivity index (χ4n) is 2.73. The fourth-order valence-corrected chi connectivity index (χ4v) is 3.65. The van der Waals surface area contributed by atoms with E-state index in [1.807, 2.05) is 37.3 Å². The van der Waals surface area contributed by atoms with Crippen LogP contribution in [-0.4, -0.2) is 11.1 Å². The van der Waals surface area contributed by atoms with Crippen LogP contribution in [0.3, 0.4) is 0 Å². The van der Waals surface area contributed by atoms with Gasteiger partial charge in [0.2, 0.25) is 0 Å². The van der Waals surface area contributed by atoms with Gasteiger partial charge in [-0.05, 0) is 44.0 Å². The minimum atomic E-state index is -0.0678. The van der Waals surface area contributed by atoms with E-state index >= 15 is 0 Å². The number of amides is 1. The van der Waals surface area contributed by atoms with Crippen LogP contribution in [0.4, 0.5) is 0 Å². The van der Waals surface area contributed by atoms with Crippen molar-refractivity contribution in [1.82, 2.24) is 10.5 Å². The molecule has 0 saturated heterocycles. The van der Waals surface area contributed by atoms with Gasteiger partial charge in [-0.2, -0.15) is 0 Å². The molecule has 134 valence electrons. The van der Waals surface area contributed by atoms with Gasteiger partial charge in [-0.3, -0.25) is 4.79 Å². The number of nitrogens with one attached hydrogen (secondary N) is 1. The molecule has 5 heteroatoms. The monoisotopic (exact) mass is 366 g/mol. The van der Waals surface area contributed by atoms with E-state index < -0.39 is 0 Å². The molecule has 2 aromatic carbocycles. The highest BCUT2D eigenvalue weighted by Gasteiger charge is 2.12. The van der Waals surface area contributed by atoms with E-state index in [1.54, 1.807) is 11.8 Å². The van der Waals surface area contributed by atoms with Crippen molar-refractivity contribution in [2.45, 2.75) is 38.0 Å². The molecule has 3 rings (SSSR count). The maximum Gasteiger partial charge on any atom is 0.252 e. The minimum absolute atomic E-state index is 0.0678. The first-order valence-electron chi connectivity index (χ1n) is 8.51. The largest absolute Gasteiger partial charge is 0.360 e. The lowest BCUT2D eigenvalue weighted by molar-refractivity contribution is 0.0948. The second-order valence-electron chi connectivity index (χ2n) is 6.33. The predicted octanol–water partition coefficient (Wildman–Crippen LogP) is 4.82. The Balaban J connectivity index is 1.67. The zero-order chi connectivity index (χ0) is 18.5. The molecule has 1 heterocycles. The van der Waals surface area contributed by atoms with Gasteiger partial charge < -0.3 is 9.84 Å². The summed E-state index contributed by atoms with van der Waals surface area (Å²) >= 11 is 1.57. The average molecular weight is 366 g/mol. The molecule has 0 aliphatic carbocycles. The van der Waals surface area contributed by atoms with E-state index in [9.17, 15) is 4.79 Å². The molecular weight excluding hydrogens is 344 g/mol. The Morgan fingerprint density at radius 3 is 2.65 bits per heavy atom. The smallest absolute Gasteiger partial charge is 0.252 e. The Labute approximate surface area is 158 Å². The number of aryl methyl sites for hydroxylation is 3. The third kappa shape index (κ3) is 4.55. The molecule has 1 N–H and O–H groups in total. The quantitative estimate of drug-likeness (QED) is 0.635. The number of carbonyl (C=O) groups is 1. The molecule has 0 bridgehead atoms. The van der Waals surface area contributed by atoms with E-state index in [0.29, 0.717) is 17.9 Å². The van der Waals surface area contributed by atoms with E-state index in [-0.39, 0.29) is 5.91 Å². The molecule has 4 nitrogen and oxygen atoms in total. The molecule has 26 heavy (non-hydrogen) atoms. The van der Waals surface area contributed by atoms with Gasteiger partial charge in [0.05, 0.1) is 17.0 Å². The van der Waals surface area contributed by atoms with E-state index in [2.05, 4.69) is 42.5 Å². The zero-order valence-corrected chi connectivity index (χ0v) is 16.0. The van der Waals surface area contributed by atoms with Gasteiger partial charge in [-0.15, -0.1) is 11.8 Å². The maximum atomic E-state index is 12.7. The van der Waals surface area contributed by atoms with E-state index in [4.69, 9.17) is 4.52 Å². The average Bonchev–Trinajstić information content (AvgIpc) is 3.04. The van der Waals surface area contributed by atoms with Gasteiger partial charge in [-0.25, -0.2) is 0 Å². The van der Waals surface area contributed by atoms with Gasteiger partial charge in [0.1, 0.15) is 5.76 Å². The Morgan fingerprint density at radius 2 is 1.92 bits per heavy atom. The van der Waals surface area contributed by atoms with Crippen LogP contribution in [0, 0.1) is 20.8 Å². The molecule has 0 spiro atoms. The number of benzene rings is 2. The minimum Gasteiger partial charge on any atom is -0.360 e. The first kappa shape index (κ1) is 18.3. The highest BCUT2D eigenvalue weighted by molar-refractivity contribution is 7.98. The Kier molecular flexibility index (Phi) is 5.78. The predicted molar refractivity (Wildman–Crippen MR) is 104 cm³/mol. The summed E-state index contributed by atoms with van der Waals surface area (Å²) in [7, 11) is 0. The highest BCUT2D eigenvalue weighted by atomic mass is 32.2. The lowest BCUT2D eigenvalue weighted by Crippen LogP contribution is -2.23. The van der Waals surface area contributed by atoms with E-state index in [1.165, 1.54) is 11.1 Å². The lowest BCUT2D eigenvalue weighted by atomic mass is 10.1. The summed E-state index contributed by atoms with van der Waals surface area (Å²) in [6, 6.07) is 15.8. The molecule has 0 aliphatic heterocycles. The van der Waals surface area contributed by atoms with Gasteiger partial charge in [0.25, 0.3) is 5.91 Å². The molecule has 0 unspecified atom stereocenters. The van der Waals surface area contributed by atoms with Crippen LogP contribution in [0.2, 0.25) is 0 Å². The van der Waals surface area contributed by atoms with E-state index in [0.717, 1.165) is 21.9 Å². The number of thioether (sulfide) groups is 1. The van der Waals surface area contributed by atoms with Crippen LogP contribution < -0.4 is 5.32 Å². The summed E-state index contributed by atoms with van der Waals surface area (Å²) in [6.07, 6.45) is 0. The van der Waals surface area contributed by atoms with Crippen molar-refractivity contribution in [1.29, 1.82) is 0 Å².